The first-order valence-electron chi connectivity index (χ1n) is 5.47. The Bertz CT molecular complexity index is 560. The topological polar surface area (TPSA) is 92.9 Å². The maximum atomic E-state index is 12.4. The number of hydrogen-bond donors (Lipinski definition) is 2. The van der Waals surface area contributed by atoms with Crippen LogP contribution in [-0.2, 0) is 10.0 Å². The van der Waals surface area contributed by atoms with E-state index in [0.29, 0.717) is 10.2 Å². The van der Waals surface area contributed by atoms with E-state index in [0.717, 1.165) is 4.31 Å². The highest BCUT2D eigenvalue weighted by Crippen LogP contribution is 2.33. The fraction of sp³-hybridized carbons (Fsp3) is 0.455. The first-order valence-corrected chi connectivity index (χ1v) is 7.71. The minimum atomic E-state index is -3.77. The van der Waals surface area contributed by atoms with Crippen molar-refractivity contribution in [1.82, 2.24) is 4.31 Å². The lowest BCUT2D eigenvalue weighted by Gasteiger charge is -2.20. The molecule has 1 aromatic rings. The van der Waals surface area contributed by atoms with Crippen LogP contribution in [0.1, 0.15) is 6.92 Å². The van der Waals surface area contributed by atoms with Crippen LogP contribution >= 0.6 is 15.9 Å². The summed E-state index contributed by atoms with van der Waals surface area (Å²) in [4.78, 5) is -0.0288. The number of benzene rings is 1. The summed E-state index contributed by atoms with van der Waals surface area (Å²) in [5.41, 5.74) is 6.00. The van der Waals surface area contributed by atoms with Gasteiger partial charge >= 0.3 is 0 Å². The van der Waals surface area contributed by atoms with Crippen molar-refractivity contribution < 1.29 is 18.3 Å². The molecule has 0 saturated carbocycles. The average molecular weight is 353 g/mol. The van der Waals surface area contributed by atoms with Crippen molar-refractivity contribution in [2.45, 2.75) is 17.9 Å². The third kappa shape index (κ3) is 3.59. The first-order chi connectivity index (χ1) is 8.70. The van der Waals surface area contributed by atoms with E-state index < -0.39 is 16.1 Å². The maximum Gasteiger partial charge on any atom is 0.246 e. The second kappa shape index (κ2) is 6.08. The van der Waals surface area contributed by atoms with Crippen molar-refractivity contribution in [3.8, 4) is 5.75 Å². The van der Waals surface area contributed by atoms with Crippen LogP contribution in [0.4, 0.5) is 5.69 Å². The van der Waals surface area contributed by atoms with E-state index in [2.05, 4.69) is 15.9 Å². The van der Waals surface area contributed by atoms with E-state index in [4.69, 9.17) is 10.5 Å². The van der Waals surface area contributed by atoms with Gasteiger partial charge in [0.2, 0.25) is 10.0 Å². The third-order valence-electron chi connectivity index (χ3n) is 2.49. The highest BCUT2D eigenvalue weighted by molar-refractivity contribution is 9.10. The molecule has 108 valence electrons. The summed E-state index contributed by atoms with van der Waals surface area (Å²) in [7, 11) is -0.999. The van der Waals surface area contributed by atoms with Crippen LogP contribution in [0.15, 0.2) is 21.5 Å². The molecule has 0 aliphatic heterocycles. The predicted octanol–water partition coefficient (Wildman–Crippen LogP) is 1.04. The molecule has 19 heavy (non-hydrogen) atoms. The molecule has 0 spiro atoms. The number of sulfonamides is 1. The third-order valence-corrected chi connectivity index (χ3v) is 5.02. The summed E-state index contributed by atoms with van der Waals surface area (Å²) in [5, 5.41) is 9.29. The van der Waals surface area contributed by atoms with Crippen molar-refractivity contribution >= 4 is 31.6 Å². The Labute approximate surface area is 121 Å². The number of hydrogen-bond acceptors (Lipinski definition) is 5. The van der Waals surface area contributed by atoms with E-state index in [1.807, 2.05) is 0 Å². The molecule has 3 N–H and O–H groups in total. The van der Waals surface area contributed by atoms with Crippen molar-refractivity contribution in [3.63, 3.8) is 0 Å². The van der Waals surface area contributed by atoms with E-state index >= 15 is 0 Å². The SMILES string of the molecule is COc1cc(Br)c(N)cc1S(=O)(=O)N(C)CC(C)O. The van der Waals surface area contributed by atoms with E-state index in [9.17, 15) is 13.5 Å². The van der Waals surface area contributed by atoms with Crippen LogP contribution in [-0.4, -0.2) is 44.6 Å². The first kappa shape index (κ1) is 16.2. The summed E-state index contributed by atoms with van der Waals surface area (Å²) in [5.74, 6) is 0.193. The molecular formula is C11H17BrN2O4S. The largest absolute Gasteiger partial charge is 0.495 e. The Morgan fingerprint density at radius 1 is 1.53 bits per heavy atom. The van der Waals surface area contributed by atoms with Crippen LogP contribution < -0.4 is 10.5 Å². The number of nitrogens with zero attached hydrogens (tertiary/aromatic N) is 1. The Hall–Kier alpha value is -0.830. The summed E-state index contributed by atoms with van der Waals surface area (Å²) in [6, 6.07) is 2.83. The molecule has 1 unspecified atom stereocenters. The highest BCUT2D eigenvalue weighted by Gasteiger charge is 2.26. The molecular weight excluding hydrogens is 336 g/mol. The molecule has 0 fully saturated rings. The van der Waals surface area contributed by atoms with E-state index in [-0.39, 0.29) is 17.2 Å². The van der Waals surface area contributed by atoms with Crippen molar-refractivity contribution in [3.05, 3.63) is 16.6 Å². The number of rotatable bonds is 5. The minimum absolute atomic E-state index is 0.0124. The summed E-state index contributed by atoms with van der Waals surface area (Å²) in [6.45, 7) is 1.50. The van der Waals surface area contributed by atoms with Gasteiger partial charge in [0.15, 0.2) is 0 Å². The van der Waals surface area contributed by atoms with Gasteiger partial charge in [0.25, 0.3) is 0 Å². The van der Waals surface area contributed by atoms with Crippen LogP contribution in [0.5, 0.6) is 5.75 Å². The van der Waals surface area contributed by atoms with Gasteiger partial charge in [-0.15, -0.1) is 0 Å². The van der Waals surface area contributed by atoms with E-state index in [1.165, 1.54) is 33.2 Å². The number of likely N-dealkylation sites (N-methyl/N-ethyl adjacent to an activating group) is 1. The number of aliphatic hydroxyl groups is 1. The Morgan fingerprint density at radius 3 is 2.58 bits per heavy atom. The van der Waals surface area contributed by atoms with Gasteiger partial charge < -0.3 is 15.6 Å². The van der Waals surface area contributed by atoms with Gasteiger partial charge in [0.1, 0.15) is 10.6 Å². The number of nitrogens with two attached hydrogens (primary N) is 1. The van der Waals surface area contributed by atoms with Crippen molar-refractivity contribution in [2.75, 3.05) is 26.4 Å². The van der Waals surface area contributed by atoms with Gasteiger partial charge in [-0.25, -0.2) is 8.42 Å². The zero-order valence-corrected chi connectivity index (χ0v) is 13.3. The number of methoxy groups -OCH3 is 1. The Morgan fingerprint density at radius 2 is 2.11 bits per heavy atom. The molecule has 1 rings (SSSR count). The molecule has 0 aliphatic rings. The van der Waals surface area contributed by atoms with Crippen LogP contribution in [0.25, 0.3) is 0 Å². The highest BCUT2D eigenvalue weighted by atomic mass is 79.9. The molecule has 0 aromatic heterocycles. The molecule has 6 nitrogen and oxygen atoms in total. The predicted molar refractivity (Wildman–Crippen MR) is 76.6 cm³/mol. The smallest absolute Gasteiger partial charge is 0.246 e. The lowest BCUT2D eigenvalue weighted by atomic mass is 10.3. The molecule has 0 heterocycles. The second-order valence-corrected chi connectivity index (χ2v) is 7.03. The lowest BCUT2D eigenvalue weighted by Crippen LogP contribution is -2.33. The molecule has 1 atom stereocenters. The Kier molecular flexibility index (Phi) is 5.19. The number of aliphatic hydroxyl groups excluding tert-OH is 1. The van der Waals surface area contributed by atoms with Gasteiger partial charge in [-0.05, 0) is 35.0 Å². The van der Waals surface area contributed by atoms with E-state index in [1.54, 1.807) is 0 Å². The van der Waals surface area contributed by atoms with Gasteiger partial charge in [-0.3, -0.25) is 0 Å². The second-order valence-electron chi connectivity index (χ2n) is 4.16. The van der Waals surface area contributed by atoms with Crippen molar-refractivity contribution in [1.29, 1.82) is 0 Å². The van der Waals surface area contributed by atoms with Crippen LogP contribution in [0.3, 0.4) is 0 Å². The monoisotopic (exact) mass is 352 g/mol. The summed E-state index contributed by atoms with van der Waals surface area (Å²) in [6.07, 6.45) is -0.765. The standard InChI is InChI=1S/C11H17BrN2O4S/c1-7(15)6-14(2)19(16,17)11-5-9(13)8(12)4-10(11)18-3/h4-5,7,15H,6,13H2,1-3H3. The lowest BCUT2D eigenvalue weighted by molar-refractivity contribution is 0.171. The fourth-order valence-corrected chi connectivity index (χ4v) is 3.29. The van der Waals surface area contributed by atoms with Crippen molar-refractivity contribution in [2.24, 2.45) is 0 Å². The summed E-state index contributed by atoms with van der Waals surface area (Å²) >= 11 is 3.21. The average Bonchev–Trinajstić information content (AvgIpc) is 2.30. The van der Waals surface area contributed by atoms with Crippen LogP contribution in [0, 0.1) is 0 Å². The number of ether oxygens (including phenoxy) is 1. The zero-order chi connectivity index (χ0) is 14.8. The minimum Gasteiger partial charge on any atom is -0.495 e. The van der Waals surface area contributed by atoms with Gasteiger partial charge in [-0.1, -0.05) is 0 Å². The normalized spacial score (nSPS) is 13.6. The molecule has 0 saturated heterocycles. The number of anilines is 1. The van der Waals surface area contributed by atoms with Gasteiger partial charge in [-0.2, -0.15) is 4.31 Å². The molecule has 1 aromatic carbocycles. The molecule has 0 amide bonds. The number of nitrogen functional groups attached to an aromatic ring is 1. The summed E-state index contributed by atoms with van der Waals surface area (Å²) < 4.78 is 31.4. The fourth-order valence-electron chi connectivity index (χ4n) is 1.55. The quantitative estimate of drug-likeness (QED) is 0.772. The Balaban J connectivity index is 3.32. The molecule has 8 heteroatoms. The molecule has 0 aliphatic carbocycles. The maximum absolute atomic E-state index is 12.4. The van der Waals surface area contributed by atoms with Gasteiger partial charge in [0, 0.05) is 23.8 Å². The van der Waals surface area contributed by atoms with Crippen LogP contribution in [0.2, 0.25) is 0 Å². The number of halogens is 1. The zero-order valence-electron chi connectivity index (χ0n) is 10.9. The van der Waals surface area contributed by atoms with Gasteiger partial charge in [0.05, 0.1) is 13.2 Å². The molecule has 0 radical (unpaired) electrons. The molecule has 0 bridgehead atoms.